The first-order chi connectivity index (χ1) is 25.7. The molecule has 0 fully saturated rings. The smallest absolute Gasteiger partial charge is 0.171 e. The molecule has 0 N–H and O–H groups in total. The standard InChI is InChI=1S/C49H33O2P/c50-52(37-20-9-3-10-21-37,38-22-11-4-12-23-38)39-30-28-34(29-31-39)40-25-15-27-46-48(40)43-32-42-41-24-13-14-26-44(41)49(35-16-5-1-6-17-35,36-18-7-2-8-19-36)45(42)33-47(43)51-46/h1-33H. The van der Waals surface area contributed by atoms with E-state index >= 15 is 4.57 Å². The summed E-state index contributed by atoms with van der Waals surface area (Å²) in [6, 6.07) is 69.4. The van der Waals surface area contributed by atoms with Crippen LogP contribution in [0, 0.1) is 0 Å². The van der Waals surface area contributed by atoms with E-state index in [1.807, 2.05) is 72.8 Å². The van der Waals surface area contributed by atoms with Gasteiger partial charge in [-0.1, -0.05) is 182 Å². The first-order valence-corrected chi connectivity index (χ1v) is 19.4. The van der Waals surface area contributed by atoms with Gasteiger partial charge in [0.15, 0.2) is 7.14 Å². The van der Waals surface area contributed by atoms with Gasteiger partial charge in [0.25, 0.3) is 0 Å². The molecule has 1 aliphatic rings. The zero-order chi connectivity index (χ0) is 34.7. The molecule has 1 heterocycles. The lowest BCUT2D eigenvalue weighted by Gasteiger charge is -2.33. The van der Waals surface area contributed by atoms with Crippen LogP contribution in [0.3, 0.4) is 0 Å². The summed E-state index contributed by atoms with van der Waals surface area (Å²) in [4.78, 5) is 0. The van der Waals surface area contributed by atoms with Gasteiger partial charge < -0.3 is 8.98 Å². The molecule has 0 saturated carbocycles. The maximum Gasteiger partial charge on any atom is 0.171 e. The minimum atomic E-state index is -3.09. The summed E-state index contributed by atoms with van der Waals surface area (Å²) in [5.74, 6) is 0. The van der Waals surface area contributed by atoms with Crippen LogP contribution >= 0.6 is 7.14 Å². The number of benzene rings is 8. The maximum atomic E-state index is 15.1. The topological polar surface area (TPSA) is 30.2 Å². The number of hydrogen-bond acceptors (Lipinski definition) is 2. The average Bonchev–Trinajstić information content (AvgIpc) is 3.74. The molecule has 3 heteroatoms. The van der Waals surface area contributed by atoms with Crippen LogP contribution in [0.5, 0.6) is 0 Å². The lowest BCUT2D eigenvalue weighted by Crippen LogP contribution is -2.28. The van der Waals surface area contributed by atoms with Crippen LogP contribution in [0.4, 0.5) is 0 Å². The fraction of sp³-hybridized carbons (Fsp3) is 0.0204. The lowest BCUT2D eigenvalue weighted by atomic mass is 9.67. The van der Waals surface area contributed by atoms with Gasteiger partial charge in [0.05, 0.1) is 5.41 Å². The Morgan fingerprint density at radius 1 is 0.404 bits per heavy atom. The molecule has 0 atom stereocenters. The Morgan fingerprint density at radius 2 is 0.923 bits per heavy atom. The lowest BCUT2D eigenvalue weighted by molar-refractivity contribution is 0.592. The normalized spacial score (nSPS) is 13.2. The van der Waals surface area contributed by atoms with E-state index in [9.17, 15) is 0 Å². The summed E-state index contributed by atoms with van der Waals surface area (Å²) in [5, 5.41) is 4.63. The Morgan fingerprint density at radius 3 is 1.54 bits per heavy atom. The fourth-order valence-electron chi connectivity index (χ4n) is 8.57. The molecular weight excluding hydrogens is 652 g/mol. The van der Waals surface area contributed by atoms with Gasteiger partial charge in [-0.2, -0.15) is 0 Å². The molecule has 0 aliphatic heterocycles. The largest absolute Gasteiger partial charge is 0.456 e. The molecule has 2 nitrogen and oxygen atoms in total. The minimum Gasteiger partial charge on any atom is -0.456 e. The summed E-state index contributed by atoms with van der Waals surface area (Å²) in [5.41, 5.74) is 10.8. The van der Waals surface area contributed by atoms with Crippen molar-refractivity contribution in [2.75, 3.05) is 0 Å². The van der Waals surface area contributed by atoms with E-state index in [1.165, 1.54) is 33.4 Å². The van der Waals surface area contributed by atoms with Gasteiger partial charge in [-0.05, 0) is 62.7 Å². The van der Waals surface area contributed by atoms with E-state index in [0.717, 1.165) is 49.0 Å². The third-order valence-electron chi connectivity index (χ3n) is 10.9. The molecule has 0 spiro atoms. The first kappa shape index (κ1) is 30.6. The zero-order valence-electron chi connectivity index (χ0n) is 28.3. The van der Waals surface area contributed by atoms with Crippen LogP contribution in [-0.4, -0.2) is 0 Å². The van der Waals surface area contributed by atoms with E-state index in [4.69, 9.17) is 4.42 Å². The zero-order valence-corrected chi connectivity index (χ0v) is 29.2. The SMILES string of the molecule is O=P(c1ccccc1)(c1ccccc1)c1ccc(-c2cccc3oc4cc5c(cc4c23)-c2ccccc2C5(c2ccccc2)c2ccccc2)cc1. The third-order valence-corrected chi connectivity index (χ3v) is 13.9. The van der Waals surface area contributed by atoms with Gasteiger partial charge in [-0.25, -0.2) is 0 Å². The molecule has 246 valence electrons. The number of rotatable bonds is 6. The van der Waals surface area contributed by atoms with Crippen LogP contribution < -0.4 is 15.9 Å². The summed E-state index contributed by atoms with van der Waals surface area (Å²) in [7, 11) is -3.09. The van der Waals surface area contributed by atoms with Crippen molar-refractivity contribution in [2.24, 2.45) is 0 Å². The molecule has 0 amide bonds. The molecule has 1 aliphatic carbocycles. The monoisotopic (exact) mass is 684 g/mol. The summed E-state index contributed by atoms with van der Waals surface area (Å²) in [6.45, 7) is 0. The summed E-state index contributed by atoms with van der Waals surface area (Å²) < 4.78 is 21.8. The molecule has 1 aromatic heterocycles. The molecular formula is C49H33O2P. The van der Waals surface area contributed by atoms with Crippen molar-refractivity contribution in [3.63, 3.8) is 0 Å². The van der Waals surface area contributed by atoms with E-state index < -0.39 is 12.6 Å². The maximum absolute atomic E-state index is 15.1. The van der Waals surface area contributed by atoms with Crippen LogP contribution in [0.25, 0.3) is 44.2 Å². The van der Waals surface area contributed by atoms with E-state index in [2.05, 4.69) is 127 Å². The van der Waals surface area contributed by atoms with Crippen LogP contribution in [0.15, 0.2) is 205 Å². The van der Waals surface area contributed by atoms with Crippen molar-refractivity contribution in [2.45, 2.75) is 5.41 Å². The first-order valence-electron chi connectivity index (χ1n) is 17.7. The molecule has 8 aromatic carbocycles. The van der Waals surface area contributed by atoms with Crippen molar-refractivity contribution in [3.8, 4) is 22.3 Å². The summed E-state index contributed by atoms with van der Waals surface area (Å²) in [6.07, 6.45) is 0. The molecule has 9 aromatic rings. The second kappa shape index (κ2) is 11.9. The second-order valence-corrected chi connectivity index (χ2v) is 16.3. The number of hydrogen-bond donors (Lipinski definition) is 0. The second-order valence-electron chi connectivity index (χ2n) is 13.5. The Labute approximate surface area is 303 Å². The van der Waals surface area contributed by atoms with Crippen LogP contribution in [0.2, 0.25) is 0 Å². The quantitative estimate of drug-likeness (QED) is 0.163. The fourth-order valence-corrected chi connectivity index (χ4v) is 11.2. The van der Waals surface area contributed by atoms with Crippen molar-refractivity contribution in [1.82, 2.24) is 0 Å². The predicted octanol–water partition coefficient (Wildman–Crippen LogP) is 11.3. The van der Waals surface area contributed by atoms with Crippen molar-refractivity contribution in [3.05, 3.63) is 222 Å². The number of fused-ring (bicyclic) bond motifs is 6. The molecule has 10 rings (SSSR count). The highest BCUT2D eigenvalue weighted by molar-refractivity contribution is 7.85. The average molecular weight is 685 g/mol. The van der Waals surface area contributed by atoms with Crippen LogP contribution in [-0.2, 0) is 9.98 Å². The van der Waals surface area contributed by atoms with Crippen molar-refractivity contribution < 1.29 is 8.98 Å². The molecule has 0 bridgehead atoms. The molecule has 52 heavy (non-hydrogen) atoms. The van der Waals surface area contributed by atoms with E-state index in [1.54, 1.807) is 0 Å². The highest BCUT2D eigenvalue weighted by Gasteiger charge is 2.46. The highest BCUT2D eigenvalue weighted by atomic mass is 31.2. The van der Waals surface area contributed by atoms with E-state index in [0.29, 0.717) is 0 Å². The summed E-state index contributed by atoms with van der Waals surface area (Å²) >= 11 is 0. The predicted molar refractivity (Wildman–Crippen MR) is 216 cm³/mol. The van der Waals surface area contributed by atoms with Crippen molar-refractivity contribution >= 4 is 45.0 Å². The molecule has 0 unspecified atom stereocenters. The minimum absolute atomic E-state index is 0.494. The van der Waals surface area contributed by atoms with Gasteiger partial charge in [-0.3, -0.25) is 0 Å². The Bertz CT molecular complexity index is 2700. The Hall–Kier alpha value is -6.21. The van der Waals surface area contributed by atoms with Crippen LogP contribution in [0.1, 0.15) is 22.3 Å². The van der Waals surface area contributed by atoms with E-state index in [-0.39, 0.29) is 0 Å². The number of furan rings is 1. The van der Waals surface area contributed by atoms with Crippen molar-refractivity contribution in [1.29, 1.82) is 0 Å². The van der Waals surface area contributed by atoms with Gasteiger partial charge in [0, 0.05) is 26.7 Å². The Kier molecular flexibility index (Phi) is 7.03. The van der Waals surface area contributed by atoms with Gasteiger partial charge >= 0.3 is 0 Å². The molecule has 0 radical (unpaired) electrons. The highest BCUT2D eigenvalue weighted by Crippen LogP contribution is 2.57. The Balaban J connectivity index is 1.17. The third kappa shape index (κ3) is 4.41. The van der Waals surface area contributed by atoms with Gasteiger partial charge in [-0.15, -0.1) is 0 Å². The van der Waals surface area contributed by atoms with Gasteiger partial charge in [0.2, 0.25) is 0 Å². The molecule has 0 saturated heterocycles. The van der Waals surface area contributed by atoms with Gasteiger partial charge in [0.1, 0.15) is 11.2 Å².